The smallest absolute Gasteiger partial charge is 0.0875 e. The first-order valence-electron chi connectivity index (χ1n) is 13.0. The lowest BCUT2D eigenvalue weighted by Gasteiger charge is -2.60. The van der Waals surface area contributed by atoms with E-state index in [1.807, 2.05) is 0 Å². The third-order valence-electron chi connectivity index (χ3n) is 11.1. The van der Waals surface area contributed by atoms with Gasteiger partial charge in [0.1, 0.15) is 0 Å². The fourth-order valence-corrected chi connectivity index (χ4v) is 9.62. The van der Waals surface area contributed by atoms with Crippen LogP contribution in [0.2, 0.25) is 0 Å². The molecule has 1 heteroatoms. The van der Waals surface area contributed by atoms with Crippen molar-refractivity contribution in [2.45, 2.75) is 117 Å². The van der Waals surface area contributed by atoms with Crippen LogP contribution in [0.15, 0.2) is 0 Å². The van der Waals surface area contributed by atoms with Crippen molar-refractivity contribution in [3.63, 3.8) is 0 Å². The predicted molar refractivity (Wildman–Crippen MR) is 117 cm³/mol. The maximum Gasteiger partial charge on any atom is 0.0875 e. The maximum atomic E-state index is 6.10. The number of rotatable bonds is 5. The second-order valence-corrected chi connectivity index (χ2v) is 12.8. The molecule has 0 aromatic carbocycles. The van der Waals surface area contributed by atoms with Gasteiger partial charge in [-0.05, 0) is 104 Å². The molecule has 4 saturated carbocycles. The van der Waals surface area contributed by atoms with Gasteiger partial charge in [0.15, 0.2) is 0 Å². The molecule has 0 amide bonds. The molecular formula is C27H46O. The van der Waals surface area contributed by atoms with E-state index in [2.05, 4.69) is 34.6 Å². The van der Waals surface area contributed by atoms with Crippen molar-refractivity contribution >= 4 is 0 Å². The Labute approximate surface area is 174 Å². The van der Waals surface area contributed by atoms with Gasteiger partial charge in [0.25, 0.3) is 0 Å². The first-order chi connectivity index (χ1) is 13.3. The molecule has 28 heavy (non-hydrogen) atoms. The highest BCUT2D eigenvalue weighted by Gasteiger charge is 2.65. The molecule has 5 fully saturated rings. The first kappa shape index (κ1) is 19.9. The highest BCUT2D eigenvalue weighted by molar-refractivity contribution is 5.13. The van der Waals surface area contributed by atoms with E-state index in [1.54, 1.807) is 6.42 Å². The lowest BCUT2D eigenvalue weighted by Crippen LogP contribution is -2.54. The summed E-state index contributed by atoms with van der Waals surface area (Å²) in [4.78, 5) is 0. The Morgan fingerprint density at radius 1 is 0.786 bits per heavy atom. The fraction of sp³-hybridized carbons (Fsp3) is 1.00. The molecule has 0 unspecified atom stereocenters. The highest BCUT2D eigenvalue weighted by atomic mass is 16.6. The summed E-state index contributed by atoms with van der Waals surface area (Å²) in [6.45, 7) is 12.8. The van der Waals surface area contributed by atoms with Crippen LogP contribution in [-0.4, -0.2) is 12.2 Å². The van der Waals surface area contributed by atoms with E-state index in [0.29, 0.717) is 23.0 Å². The Morgan fingerprint density at radius 2 is 1.50 bits per heavy atom. The van der Waals surface area contributed by atoms with Crippen LogP contribution in [-0.2, 0) is 4.74 Å². The van der Waals surface area contributed by atoms with E-state index in [0.717, 1.165) is 41.4 Å². The molecule has 5 aliphatic rings. The molecule has 0 radical (unpaired) electrons. The maximum absolute atomic E-state index is 6.10. The standard InChI is InChI=1S/C27H46O/c1-17(2)7-6-8-18(3)20-11-12-21-19-9-10-23-25-24(28-25)14-16-27(23,5)22(19)13-15-26(20,21)4/h17-25H,6-16H2,1-5H3/t18-,19+,20+,21-,22-,23+,24-,25+,26-,27-/m1/s1. The van der Waals surface area contributed by atoms with Gasteiger partial charge in [-0.1, -0.05) is 53.9 Å². The second kappa shape index (κ2) is 7.00. The summed E-state index contributed by atoms with van der Waals surface area (Å²) in [6.07, 6.45) is 17.6. The Balaban J connectivity index is 1.30. The molecule has 1 saturated heterocycles. The average Bonchev–Trinajstić information content (AvgIpc) is 3.34. The monoisotopic (exact) mass is 386 g/mol. The van der Waals surface area contributed by atoms with Crippen molar-refractivity contribution in [2.24, 2.45) is 52.3 Å². The van der Waals surface area contributed by atoms with Crippen LogP contribution >= 0.6 is 0 Å². The summed E-state index contributed by atoms with van der Waals surface area (Å²) in [7, 11) is 0. The highest BCUT2D eigenvalue weighted by Crippen LogP contribution is 2.69. The summed E-state index contributed by atoms with van der Waals surface area (Å²) in [5.74, 6) is 6.76. The van der Waals surface area contributed by atoms with Crippen molar-refractivity contribution in [3.05, 3.63) is 0 Å². The van der Waals surface area contributed by atoms with E-state index in [-0.39, 0.29) is 0 Å². The average molecular weight is 387 g/mol. The van der Waals surface area contributed by atoms with Gasteiger partial charge >= 0.3 is 0 Å². The molecule has 0 aromatic rings. The normalized spacial score (nSPS) is 53.1. The summed E-state index contributed by atoms with van der Waals surface area (Å²) < 4.78 is 6.10. The van der Waals surface area contributed by atoms with E-state index in [1.165, 1.54) is 64.2 Å². The van der Waals surface area contributed by atoms with Crippen molar-refractivity contribution in [1.82, 2.24) is 0 Å². The van der Waals surface area contributed by atoms with E-state index >= 15 is 0 Å². The molecule has 0 aromatic heterocycles. The minimum absolute atomic E-state index is 0.600. The van der Waals surface area contributed by atoms with Gasteiger partial charge in [-0.2, -0.15) is 0 Å². The van der Waals surface area contributed by atoms with Crippen LogP contribution in [0.3, 0.4) is 0 Å². The number of hydrogen-bond acceptors (Lipinski definition) is 1. The molecule has 1 heterocycles. The van der Waals surface area contributed by atoms with Gasteiger partial charge in [0.2, 0.25) is 0 Å². The minimum Gasteiger partial charge on any atom is -0.369 e. The zero-order valence-electron chi connectivity index (χ0n) is 19.4. The van der Waals surface area contributed by atoms with Crippen LogP contribution in [0.5, 0.6) is 0 Å². The third-order valence-corrected chi connectivity index (χ3v) is 11.1. The second-order valence-electron chi connectivity index (χ2n) is 12.8. The topological polar surface area (TPSA) is 12.5 Å². The third kappa shape index (κ3) is 2.96. The summed E-state index contributed by atoms with van der Waals surface area (Å²) in [6, 6.07) is 0. The number of hydrogen-bond donors (Lipinski definition) is 0. The van der Waals surface area contributed by atoms with Crippen LogP contribution in [0.1, 0.15) is 105 Å². The minimum atomic E-state index is 0.600. The summed E-state index contributed by atoms with van der Waals surface area (Å²) in [5, 5.41) is 0. The molecule has 10 atom stereocenters. The molecule has 160 valence electrons. The number of fused-ring (bicyclic) bond motifs is 7. The van der Waals surface area contributed by atoms with E-state index in [4.69, 9.17) is 4.74 Å². The van der Waals surface area contributed by atoms with E-state index in [9.17, 15) is 0 Å². The Kier molecular flexibility index (Phi) is 4.97. The van der Waals surface area contributed by atoms with Crippen molar-refractivity contribution in [1.29, 1.82) is 0 Å². The van der Waals surface area contributed by atoms with Crippen molar-refractivity contribution in [2.75, 3.05) is 0 Å². The predicted octanol–water partition coefficient (Wildman–Crippen LogP) is 7.49. The molecular weight excluding hydrogens is 340 g/mol. The lowest BCUT2D eigenvalue weighted by molar-refractivity contribution is -0.111. The number of epoxide rings is 1. The molecule has 1 nitrogen and oxygen atoms in total. The van der Waals surface area contributed by atoms with Crippen molar-refractivity contribution < 1.29 is 4.74 Å². The molecule has 5 rings (SSSR count). The largest absolute Gasteiger partial charge is 0.369 e. The van der Waals surface area contributed by atoms with Gasteiger partial charge in [-0.15, -0.1) is 0 Å². The van der Waals surface area contributed by atoms with Crippen LogP contribution < -0.4 is 0 Å². The quantitative estimate of drug-likeness (QED) is 0.446. The van der Waals surface area contributed by atoms with Crippen LogP contribution in [0.25, 0.3) is 0 Å². The molecule has 0 N–H and O–H groups in total. The number of ether oxygens (including phenoxy) is 1. The van der Waals surface area contributed by atoms with Gasteiger partial charge in [0, 0.05) is 0 Å². The van der Waals surface area contributed by atoms with Crippen molar-refractivity contribution in [3.8, 4) is 0 Å². The lowest BCUT2D eigenvalue weighted by atomic mass is 9.44. The van der Waals surface area contributed by atoms with Gasteiger partial charge in [-0.3, -0.25) is 0 Å². The first-order valence-corrected chi connectivity index (χ1v) is 13.0. The fourth-order valence-electron chi connectivity index (χ4n) is 9.62. The summed E-state index contributed by atoms with van der Waals surface area (Å²) in [5.41, 5.74) is 1.25. The molecule has 0 bridgehead atoms. The Hall–Kier alpha value is -0.0400. The van der Waals surface area contributed by atoms with Gasteiger partial charge < -0.3 is 4.74 Å². The van der Waals surface area contributed by atoms with E-state index < -0.39 is 0 Å². The SMILES string of the molecule is CC(C)CCC[C@@H](C)[C@@H]1CC[C@@H]2[C@@H]3CC[C@H]4[C@@H]5O[C@@H]5CC[C@]4(C)[C@@H]3CC[C@@]21C. The van der Waals surface area contributed by atoms with Gasteiger partial charge in [0.05, 0.1) is 12.2 Å². The van der Waals surface area contributed by atoms with Gasteiger partial charge in [-0.25, -0.2) is 0 Å². The molecule has 0 spiro atoms. The Bertz CT molecular complexity index is 583. The zero-order valence-corrected chi connectivity index (χ0v) is 19.4. The summed E-state index contributed by atoms with van der Waals surface area (Å²) >= 11 is 0. The van der Waals surface area contributed by atoms with Crippen LogP contribution in [0.4, 0.5) is 0 Å². The molecule has 4 aliphatic carbocycles. The van der Waals surface area contributed by atoms with Crippen LogP contribution in [0, 0.1) is 52.3 Å². The zero-order chi connectivity index (χ0) is 19.7. The Morgan fingerprint density at radius 3 is 2.29 bits per heavy atom. The molecule has 1 aliphatic heterocycles.